The highest BCUT2D eigenvalue weighted by atomic mass is 32.2. The summed E-state index contributed by atoms with van der Waals surface area (Å²) >= 11 is 1.59. The third kappa shape index (κ3) is 4.13. The minimum atomic E-state index is 0.623. The monoisotopic (exact) mass is 428 g/mol. The second-order valence-electron chi connectivity index (χ2n) is 7.01. The molecule has 0 atom stereocenters. The topological polar surface area (TPSA) is 104 Å². The first-order valence-corrected chi connectivity index (χ1v) is 11.1. The zero-order valence-corrected chi connectivity index (χ0v) is 17.6. The van der Waals surface area contributed by atoms with Gasteiger partial charge in [-0.3, -0.25) is 5.10 Å². The number of benzene rings is 2. The quantitative estimate of drug-likeness (QED) is 0.330. The SMILES string of the molecule is CSNc1cccc(CCNc2ncc3cc(-c4ncnc5[nH]ncc45)ccc3n2)c1. The molecule has 5 rings (SSSR count). The van der Waals surface area contributed by atoms with Gasteiger partial charge in [0.05, 0.1) is 22.8 Å². The highest BCUT2D eigenvalue weighted by Gasteiger charge is 2.09. The van der Waals surface area contributed by atoms with Crippen molar-refractivity contribution in [2.45, 2.75) is 6.42 Å². The van der Waals surface area contributed by atoms with Gasteiger partial charge in [0.1, 0.15) is 6.33 Å². The van der Waals surface area contributed by atoms with Crippen molar-refractivity contribution in [3.63, 3.8) is 0 Å². The fourth-order valence-electron chi connectivity index (χ4n) is 3.49. The zero-order valence-electron chi connectivity index (χ0n) is 16.8. The van der Waals surface area contributed by atoms with Crippen LogP contribution in [-0.2, 0) is 6.42 Å². The number of anilines is 2. The van der Waals surface area contributed by atoms with E-state index in [1.165, 1.54) is 11.9 Å². The van der Waals surface area contributed by atoms with Crippen LogP contribution in [-0.4, -0.2) is 42.9 Å². The summed E-state index contributed by atoms with van der Waals surface area (Å²) in [6, 6.07) is 14.4. The second-order valence-corrected chi connectivity index (χ2v) is 7.62. The maximum absolute atomic E-state index is 4.65. The summed E-state index contributed by atoms with van der Waals surface area (Å²) in [5.74, 6) is 0.623. The van der Waals surface area contributed by atoms with E-state index in [2.05, 4.69) is 64.4 Å². The summed E-state index contributed by atoms with van der Waals surface area (Å²) in [6.45, 7) is 0.756. The summed E-state index contributed by atoms with van der Waals surface area (Å²) < 4.78 is 3.26. The van der Waals surface area contributed by atoms with Crippen LogP contribution >= 0.6 is 11.9 Å². The van der Waals surface area contributed by atoms with Crippen LogP contribution in [0.3, 0.4) is 0 Å². The minimum Gasteiger partial charge on any atom is -0.354 e. The van der Waals surface area contributed by atoms with E-state index in [1.54, 1.807) is 18.1 Å². The number of hydrogen-bond donors (Lipinski definition) is 3. The molecule has 0 aliphatic carbocycles. The van der Waals surface area contributed by atoms with Crippen molar-refractivity contribution in [2.75, 3.05) is 22.8 Å². The molecule has 0 bridgehead atoms. The van der Waals surface area contributed by atoms with Gasteiger partial charge >= 0.3 is 0 Å². The first-order chi connectivity index (χ1) is 15.3. The molecular weight excluding hydrogens is 408 g/mol. The van der Waals surface area contributed by atoms with Crippen LogP contribution in [0.1, 0.15) is 5.56 Å². The lowest BCUT2D eigenvalue weighted by molar-refractivity contribution is 0.991. The van der Waals surface area contributed by atoms with Crippen LogP contribution in [0.2, 0.25) is 0 Å². The molecule has 2 aromatic carbocycles. The van der Waals surface area contributed by atoms with Crippen LogP contribution in [0, 0.1) is 0 Å². The molecule has 0 saturated heterocycles. The van der Waals surface area contributed by atoms with Crippen LogP contribution < -0.4 is 10.0 Å². The summed E-state index contributed by atoms with van der Waals surface area (Å²) in [4.78, 5) is 17.8. The third-order valence-corrected chi connectivity index (χ3v) is 5.38. The predicted molar refractivity (Wildman–Crippen MR) is 126 cm³/mol. The van der Waals surface area contributed by atoms with Gasteiger partial charge in [0, 0.05) is 35.6 Å². The van der Waals surface area contributed by atoms with Gasteiger partial charge in [-0.05, 0) is 36.2 Å². The molecule has 3 N–H and O–H groups in total. The second kappa shape index (κ2) is 8.57. The molecule has 8 nitrogen and oxygen atoms in total. The Balaban J connectivity index is 1.31. The molecule has 5 aromatic rings. The van der Waals surface area contributed by atoms with Crippen molar-refractivity contribution < 1.29 is 0 Å². The normalized spacial score (nSPS) is 11.1. The van der Waals surface area contributed by atoms with Crippen molar-refractivity contribution in [3.05, 3.63) is 66.7 Å². The lowest BCUT2D eigenvalue weighted by Crippen LogP contribution is -2.08. The van der Waals surface area contributed by atoms with Crippen LogP contribution in [0.4, 0.5) is 11.6 Å². The maximum atomic E-state index is 4.65. The van der Waals surface area contributed by atoms with E-state index in [9.17, 15) is 0 Å². The molecule has 3 aromatic heterocycles. The first-order valence-electron chi connectivity index (χ1n) is 9.83. The first kappa shape index (κ1) is 19.3. The van der Waals surface area contributed by atoms with E-state index in [1.807, 2.05) is 30.7 Å². The van der Waals surface area contributed by atoms with E-state index in [4.69, 9.17) is 0 Å². The van der Waals surface area contributed by atoms with Gasteiger partial charge in [0.25, 0.3) is 0 Å². The molecule has 0 amide bonds. The highest BCUT2D eigenvalue weighted by molar-refractivity contribution is 7.99. The minimum absolute atomic E-state index is 0.623. The lowest BCUT2D eigenvalue weighted by atomic mass is 10.1. The van der Waals surface area contributed by atoms with Crippen LogP contribution in [0.5, 0.6) is 0 Å². The Morgan fingerprint density at radius 2 is 2.00 bits per heavy atom. The van der Waals surface area contributed by atoms with Crippen LogP contribution in [0.15, 0.2) is 61.2 Å². The summed E-state index contributed by atoms with van der Waals surface area (Å²) in [5, 5.41) is 12.1. The number of nitrogens with zero attached hydrogens (tertiary/aromatic N) is 5. The van der Waals surface area contributed by atoms with Crippen LogP contribution in [0.25, 0.3) is 33.2 Å². The number of aromatic amines is 1. The Kier molecular flexibility index (Phi) is 5.32. The number of hydrogen-bond acceptors (Lipinski definition) is 8. The zero-order chi connectivity index (χ0) is 21.0. The van der Waals surface area contributed by atoms with Crippen molar-refractivity contribution in [3.8, 4) is 11.3 Å². The van der Waals surface area contributed by atoms with Gasteiger partial charge in [0.2, 0.25) is 5.95 Å². The van der Waals surface area contributed by atoms with E-state index >= 15 is 0 Å². The van der Waals surface area contributed by atoms with Gasteiger partial charge in [-0.15, -0.1) is 0 Å². The fourth-order valence-corrected chi connectivity index (χ4v) is 3.85. The molecule has 0 saturated carbocycles. The molecule has 0 aliphatic heterocycles. The molecule has 0 aliphatic rings. The van der Waals surface area contributed by atoms with E-state index in [0.717, 1.165) is 51.8 Å². The summed E-state index contributed by atoms with van der Waals surface area (Å²) in [7, 11) is 0. The molecular formula is C22H20N8S. The van der Waals surface area contributed by atoms with Gasteiger partial charge in [-0.2, -0.15) is 5.10 Å². The molecule has 0 unspecified atom stereocenters. The highest BCUT2D eigenvalue weighted by Crippen LogP contribution is 2.27. The number of rotatable bonds is 7. The largest absolute Gasteiger partial charge is 0.354 e. The average molecular weight is 429 g/mol. The Morgan fingerprint density at radius 1 is 1.03 bits per heavy atom. The molecule has 0 fully saturated rings. The van der Waals surface area contributed by atoms with Crippen molar-refractivity contribution in [1.29, 1.82) is 0 Å². The van der Waals surface area contributed by atoms with E-state index in [0.29, 0.717) is 5.95 Å². The number of aromatic nitrogens is 6. The molecule has 0 spiro atoms. The predicted octanol–water partition coefficient (Wildman–Crippen LogP) is 4.31. The molecule has 154 valence electrons. The standard InChI is InChI=1S/C22H20N8S/c1-31-30-17-4-2-3-14(9-17)7-8-23-22-24-11-16-10-15(5-6-19(16)28-22)20-18-12-27-29-21(18)26-13-25-20/h2-6,9-13,30H,7-8H2,1H3,(H,23,24,28)(H,25,26,27,29). The molecule has 9 heteroatoms. The van der Waals surface area contributed by atoms with Crippen molar-refractivity contribution in [1.82, 2.24) is 30.1 Å². The molecule has 31 heavy (non-hydrogen) atoms. The van der Waals surface area contributed by atoms with Gasteiger partial charge in [-0.1, -0.05) is 30.1 Å². The Bertz CT molecular complexity index is 1350. The number of fused-ring (bicyclic) bond motifs is 2. The van der Waals surface area contributed by atoms with Gasteiger partial charge < -0.3 is 10.0 Å². The number of H-pyrrole nitrogens is 1. The number of nitrogens with one attached hydrogen (secondary N) is 3. The third-order valence-electron chi connectivity index (χ3n) is 4.94. The lowest BCUT2D eigenvalue weighted by Gasteiger charge is -2.08. The Morgan fingerprint density at radius 3 is 2.94 bits per heavy atom. The van der Waals surface area contributed by atoms with Gasteiger partial charge in [-0.25, -0.2) is 19.9 Å². The van der Waals surface area contributed by atoms with Crippen molar-refractivity contribution >= 4 is 45.5 Å². The van der Waals surface area contributed by atoms with Crippen molar-refractivity contribution in [2.24, 2.45) is 0 Å². The van der Waals surface area contributed by atoms with E-state index in [-0.39, 0.29) is 0 Å². The fraction of sp³-hybridized carbons (Fsp3) is 0.136. The molecule has 0 radical (unpaired) electrons. The molecule has 3 heterocycles. The van der Waals surface area contributed by atoms with Gasteiger partial charge in [0.15, 0.2) is 5.65 Å². The average Bonchev–Trinajstić information content (AvgIpc) is 3.28. The smallest absolute Gasteiger partial charge is 0.223 e. The Labute approximate surface area is 183 Å². The Hall–Kier alpha value is -3.72. The van der Waals surface area contributed by atoms with E-state index < -0.39 is 0 Å². The summed E-state index contributed by atoms with van der Waals surface area (Å²) in [6.07, 6.45) is 8.02. The maximum Gasteiger partial charge on any atom is 0.223 e. The summed E-state index contributed by atoms with van der Waals surface area (Å²) in [5.41, 5.74) is 5.78.